The second-order valence-corrected chi connectivity index (χ2v) is 5.30. The lowest BCUT2D eigenvalue weighted by Gasteiger charge is -2.33. The first kappa shape index (κ1) is 14.3. The van der Waals surface area contributed by atoms with Crippen LogP contribution in [-0.2, 0) is 10.5 Å². The largest absolute Gasteiger partial charge is 0.394 e. The molecule has 0 unspecified atom stereocenters. The molecule has 0 saturated carbocycles. The standard InChI is InChI=1S/C12H16N4O5/c1-6-10-13-3-8(16(10)15-5-14-6)12(20)11(2,19)9(18)7(4-17)21-12/h3,5,7,9,17-20H,4H2,1-2H3/t7-,9-,11-,12+/m1/s1. The summed E-state index contributed by atoms with van der Waals surface area (Å²) >= 11 is 0. The van der Waals surface area contributed by atoms with E-state index in [2.05, 4.69) is 15.1 Å². The van der Waals surface area contributed by atoms with Gasteiger partial charge in [0.05, 0.1) is 18.5 Å². The molecule has 9 nitrogen and oxygen atoms in total. The summed E-state index contributed by atoms with van der Waals surface area (Å²) in [7, 11) is 0. The molecule has 0 spiro atoms. The monoisotopic (exact) mass is 296 g/mol. The number of nitrogens with zero attached hydrogens (tertiary/aromatic N) is 4. The average molecular weight is 296 g/mol. The van der Waals surface area contributed by atoms with Crippen molar-refractivity contribution < 1.29 is 25.2 Å². The summed E-state index contributed by atoms with van der Waals surface area (Å²) in [5.74, 6) is -2.26. The molecule has 1 aliphatic rings. The predicted molar refractivity (Wildman–Crippen MR) is 68.0 cm³/mol. The van der Waals surface area contributed by atoms with Crippen LogP contribution in [-0.4, -0.2) is 64.4 Å². The lowest BCUT2D eigenvalue weighted by atomic mass is 9.88. The van der Waals surface area contributed by atoms with E-state index in [0.717, 1.165) is 0 Å². The Balaban J connectivity index is 2.19. The van der Waals surface area contributed by atoms with Crippen molar-refractivity contribution in [2.75, 3.05) is 6.61 Å². The number of hydrogen-bond donors (Lipinski definition) is 4. The van der Waals surface area contributed by atoms with E-state index >= 15 is 0 Å². The molecular weight excluding hydrogens is 280 g/mol. The number of aromatic nitrogens is 4. The summed E-state index contributed by atoms with van der Waals surface area (Å²) in [6, 6.07) is 0. The quantitative estimate of drug-likeness (QED) is 0.504. The summed E-state index contributed by atoms with van der Waals surface area (Å²) in [5.41, 5.74) is -1.03. The Hall–Kier alpha value is -1.65. The Morgan fingerprint density at radius 1 is 1.38 bits per heavy atom. The van der Waals surface area contributed by atoms with Gasteiger partial charge in [0.2, 0.25) is 5.79 Å². The van der Waals surface area contributed by atoms with Crippen molar-refractivity contribution in [1.29, 1.82) is 0 Å². The van der Waals surface area contributed by atoms with E-state index < -0.39 is 30.2 Å². The molecule has 1 saturated heterocycles. The van der Waals surface area contributed by atoms with Crippen LogP contribution in [0.15, 0.2) is 12.5 Å². The van der Waals surface area contributed by atoms with Crippen LogP contribution in [0, 0.1) is 6.92 Å². The fraction of sp³-hybridized carbons (Fsp3) is 0.583. The number of aryl methyl sites for hydroxylation is 1. The van der Waals surface area contributed by atoms with Crippen molar-refractivity contribution in [3.63, 3.8) is 0 Å². The first-order valence-corrected chi connectivity index (χ1v) is 6.40. The van der Waals surface area contributed by atoms with Gasteiger partial charge in [-0.25, -0.2) is 14.5 Å². The van der Waals surface area contributed by atoms with Crippen LogP contribution in [0.2, 0.25) is 0 Å². The number of rotatable bonds is 2. The zero-order valence-corrected chi connectivity index (χ0v) is 11.5. The molecule has 1 aliphatic heterocycles. The van der Waals surface area contributed by atoms with Crippen molar-refractivity contribution in [2.45, 2.75) is 37.4 Å². The molecule has 3 heterocycles. The van der Waals surface area contributed by atoms with Crippen LogP contribution in [0.3, 0.4) is 0 Å². The maximum absolute atomic E-state index is 10.8. The van der Waals surface area contributed by atoms with Crippen LogP contribution in [0.5, 0.6) is 0 Å². The molecule has 4 atom stereocenters. The van der Waals surface area contributed by atoms with Gasteiger partial charge in [-0.3, -0.25) is 0 Å². The van der Waals surface area contributed by atoms with Gasteiger partial charge in [-0.1, -0.05) is 0 Å². The molecule has 0 radical (unpaired) electrons. The van der Waals surface area contributed by atoms with E-state index in [9.17, 15) is 20.4 Å². The van der Waals surface area contributed by atoms with Crippen LogP contribution in [0.4, 0.5) is 0 Å². The Bertz CT molecular complexity index is 687. The summed E-state index contributed by atoms with van der Waals surface area (Å²) in [4.78, 5) is 8.08. The van der Waals surface area contributed by atoms with Crippen LogP contribution < -0.4 is 0 Å². The van der Waals surface area contributed by atoms with E-state index in [-0.39, 0.29) is 5.69 Å². The topological polar surface area (TPSA) is 133 Å². The molecule has 0 aromatic carbocycles. The fourth-order valence-electron chi connectivity index (χ4n) is 2.58. The first-order valence-electron chi connectivity index (χ1n) is 6.40. The lowest BCUT2D eigenvalue weighted by Crippen LogP contribution is -2.53. The Kier molecular flexibility index (Phi) is 3.01. The number of hydrogen-bond acceptors (Lipinski definition) is 8. The Morgan fingerprint density at radius 2 is 2.10 bits per heavy atom. The van der Waals surface area contributed by atoms with E-state index in [4.69, 9.17) is 4.74 Å². The third-order valence-corrected chi connectivity index (χ3v) is 3.94. The molecule has 21 heavy (non-hydrogen) atoms. The maximum atomic E-state index is 10.8. The Labute approximate surface area is 119 Å². The molecule has 9 heteroatoms. The van der Waals surface area contributed by atoms with Gasteiger partial charge in [0.1, 0.15) is 29.8 Å². The third-order valence-electron chi connectivity index (χ3n) is 3.94. The highest BCUT2D eigenvalue weighted by atomic mass is 16.7. The highest BCUT2D eigenvalue weighted by Crippen LogP contribution is 2.44. The minimum atomic E-state index is -2.26. The number of fused-ring (bicyclic) bond motifs is 1. The molecule has 114 valence electrons. The average Bonchev–Trinajstić information content (AvgIpc) is 2.95. The van der Waals surface area contributed by atoms with Gasteiger partial charge in [0.15, 0.2) is 5.65 Å². The molecule has 1 fully saturated rings. The van der Waals surface area contributed by atoms with E-state index in [1.165, 1.54) is 24.0 Å². The summed E-state index contributed by atoms with van der Waals surface area (Å²) in [5, 5.41) is 44.4. The number of aliphatic hydroxyl groups is 4. The molecule has 0 aliphatic carbocycles. The summed E-state index contributed by atoms with van der Waals surface area (Å²) in [6.45, 7) is 2.39. The summed E-state index contributed by atoms with van der Waals surface area (Å²) in [6.07, 6.45) is -0.0298. The lowest BCUT2D eigenvalue weighted by molar-refractivity contribution is -0.276. The second kappa shape index (κ2) is 4.42. The van der Waals surface area contributed by atoms with Gasteiger partial charge >= 0.3 is 0 Å². The normalized spacial score (nSPS) is 36.5. The van der Waals surface area contributed by atoms with Crippen LogP contribution >= 0.6 is 0 Å². The van der Waals surface area contributed by atoms with Crippen molar-refractivity contribution in [1.82, 2.24) is 19.6 Å². The zero-order valence-electron chi connectivity index (χ0n) is 11.5. The van der Waals surface area contributed by atoms with Crippen molar-refractivity contribution in [2.24, 2.45) is 0 Å². The minimum Gasteiger partial charge on any atom is -0.394 e. The number of aliphatic hydroxyl groups excluding tert-OH is 2. The minimum absolute atomic E-state index is 0.0444. The number of imidazole rings is 1. The first-order chi connectivity index (χ1) is 9.83. The van der Waals surface area contributed by atoms with E-state index in [0.29, 0.717) is 11.3 Å². The second-order valence-electron chi connectivity index (χ2n) is 5.30. The van der Waals surface area contributed by atoms with Crippen molar-refractivity contribution in [3.05, 3.63) is 23.9 Å². The van der Waals surface area contributed by atoms with E-state index in [1.807, 2.05) is 0 Å². The number of ether oxygens (including phenoxy) is 1. The smallest absolute Gasteiger partial charge is 0.244 e. The molecule has 3 rings (SSSR count). The predicted octanol–water partition coefficient (Wildman–Crippen LogP) is -1.92. The van der Waals surface area contributed by atoms with Gasteiger partial charge in [-0.2, -0.15) is 5.10 Å². The molecule has 2 aromatic heterocycles. The van der Waals surface area contributed by atoms with Crippen LogP contribution in [0.25, 0.3) is 5.65 Å². The Morgan fingerprint density at radius 3 is 2.71 bits per heavy atom. The molecule has 4 N–H and O–H groups in total. The van der Waals surface area contributed by atoms with Gasteiger partial charge in [0.25, 0.3) is 0 Å². The third kappa shape index (κ3) is 1.72. The maximum Gasteiger partial charge on any atom is 0.244 e. The molecule has 0 bridgehead atoms. The van der Waals surface area contributed by atoms with Crippen LogP contribution in [0.1, 0.15) is 18.3 Å². The molecule has 0 amide bonds. The fourth-order valence-corrected chi connectivity index (χ4v) is 2.58. The molecule has 2 aromatic rings. The van der Waals surface area contributed by atoms with Gasteiger partial charge in [-0.05, 0) is 13.8 Å². The highest BCUT2D eigenvalue weighted by molar-refractivity contribution is 5.44. The SMILES string of the molecule is Cc1ncnn2c([C@]3(O)O[C@H](CO)[C@@H](O)[C@@]3(C)O)cnc12. The molecular formula is C12H16N4O5. The highest BCUT2D eigenvalue weighted by Gasteiger charge is 2.64. The van der Waals surface area contributed by atoms with Gasteiger partial charge in [-0.15, -0.1) is 0 Å². The van der Waals surface area contributed by atoms with Crippen molar-refractivity contribution >= 4 is 5.65 Å². The van der Waals surface area contributed by atoms with Gasteiger partial charge < -0.3 is 25.2 Å². The summed E-state index contributed by atoms with van der Waals surface area (Å²) < 4.78 is 6.58. The zero-order chi connectivity index (χ0) is 15.4. The van der Waals surface area contributed by atoms with E-state index in [1.54, 1.807) is 6.92 Å². The van der Waals surface area contributed by atoms with Crippen molar-refractivity contribution in [3.8, 4) is 0 Å². The van der Waals surface area contributed by atoms with Gasteiger partial charge in [0, 0.05) is 0 Å².